The van der Waals surface area contributed by atoms with Gasteiger partial charge in [0, 0.05) is 17.7 Å². The Morgan fingerprint density at radius 2 is 1.86 bits per heavy atom. The fourth-order valence-electron chi connectivity index (χ4n) is 4.06. The number of fused-ring (bicyclic) bond motifs is 1. The van der Waals surface area contributed by atoms with Crippen molar-refractivity contribution >= 4 is 29.4 Å². The van der Waals surface area contributed by atoms with E-state index in [0.29, 0.717) is 24.2 Å². The topological polar surface area (TPSA) is 63.7 Å². The number of aryl methyl sites for hydroxylation is 1. The first-order chi connectivity index (χ1) is 14.0. The van der Waals surface area contributed by atoms with Crippen LogP contribution in [-0.4, -0.2) is 41.0 Å². The first-order valence-electron chi connectivity index (χ1n) is 9.85. The van der Waals surface area contributed by atoms with Gasteiger partial charge in [0.2, 0.25) is 5.91 Å². The van der Waals surface area contributed by atoms with Crippen LogP contribution < -0.4 is 0 Å². The SMILES string of the molecule is CCc1ccc(C(=O)COC(=O)[C@H]2CS[C@]3(c4ccccc4)CCC(=O)N23)cc1. The van der Waals surface area contributed by atoms with E-state index in [-0.39, 0.29) is 18.3 Å². The maximum Gasteiger partial charge on any atom is 0.330 e. The molecule has 0 N–H and O–H groups in total. The van der Waals surface area contributed by atoms with E-state index in [1.165, 1.54) is 0 Å². The van der Waals surface area contributed by atoms with Gasteiger partial charge in [-0.1, -0.05) is 61.5 Å². The van der Waals surface area contributed by atoms with Crippen molar-refractivity contribution in [3.8, 4) is 0 Å². The van der Waals surface area contributed by atoms with Crippen LogP contribution in [0.4, 0.5) is 0 Å². The number of hydrogen-bond acceptors (Lipinski definition) is 5. The second kappa shape index (κ2) is 8.03. The Hall–Kier alpha value is -2.60. The summed E-state index contributed by atoms with van der Waals surface area (Å²) in [7, 11) is 0. The summed E-state index contributed by atoms with van der Waals surface area (Å²) >= 11 is 1.61. The molecule has 2 aliphatic heterocycles. The van der Waals surface area contributed by atoms with Crippen molar-refractivity contribution < 1.29 is 19.1 Å². The number of ether oxygens (including phenoxy) is 1. The highest BCUT2D eigenvalue weighted by atomic mass is 32.2. The molecule has 0 unspecified atom stereocenters. The minimum atomic E-state index is -0.662. The number of carbonyl (C=O) groups excluding carboxylic acids is 3. The number of rotatable bonds is 6. The minimum Gasteiger partial charge on any atom is -0.456 e. The van der Waals surface area contributed by atoms with Gasteiger partial charge in [-0.15, -0.1) is 11.8 Å². The van der Waals surface area contributed by atoms with Crippen LogP contribution >= 0.6 is 11.8 Å². The van der Waals surface area contributed by atoms with E-state index >= 15 is 0 Å². The summed E-state index contributed by atoms with van der Waals surface area (Å²) in [5.41, 5.74) is 2.69. The Labute approximate surface area is 174 Å². The van der Waals surface area contributed by atoms with Crippen molar-refractivity contribution in [3.05, 3.63) is 71.3 Å². The van der Waals surface area contributed by atoms with Gasteiger partial charge in [-0.3, -0.25) is 9.59 Å². The van der Waals surface area contributed by atoms with Crippen molar-refractivity contribution in [2.45, 2.75) is 37.1 Å². The highest BCUT2D eigenvalue weighted by Gasteiger charge is 2.57. The summed E-state index contributed by atoms with van der Waals surface area (Å²) < 4.78 is 5.34. The average molecular weight is 410 g/mol. The van der Waals surface area contributed by atoms with Crippen LogP contribution in [0.25, 0.3) is 0 Å². The quantitative estimate of drug-likeness (QED) is 0.539. The monoisotopic (exact) mass is 409 g/mol. The van der Waals surface area contributed by atoms with Crippen LogP contribution in [0.15, 0.2) is 54.6 Å². The zero-order chi connectivity index (χ0) is 20.4. The van der Waals surface area contributed by atoms with E-state index in [1.54, 1.807) is 28.8 Å². The Kier molecular flexibility index (Phi) is 5.46. The third-order valence-electron chi connectivity index (χ3n) is 5.65. The van der Waals surface area contributed by atoms with Gasteiger partial charge in [-0.05, 0) is 24.0 Å². The standard InChI is InChI=1S/C23H23NO4S/c1-2-16-8-10-17(11-9-16)20(25)14-28-22(27)19-15-29-23(13-12-21(26)24(19)23)18-6-4-3-5-7-18/h3-11,19H,2,12-15H2,1H3/t19-,23+/m1/s1. The second-order valence-electron chi connectivity index (χ2n) is 7.32. The maximum atomic E-state index is 12.8. The molecule has 1 amide bonds. The molecule has 0 aliphatic carbocycles. The molecule has 2 fully saturated rings. The highest BCUT2D eigenvalue weighted by Crippen LogP contribution is 2.54. The van der Waals surface area contributed by atoms with E-state index in [4.69, 9.17) is 4.74 Å². The number of thioether (sulfide) groups is 1. The summed E-state index contributed by atoms with van der Waals surface area (Å²) in [6.45, 7) is 1.74. The fraction of sp³-hybridized carbons (Fsp3) is 0.348. The van der Waals surface area contributed by atoms with Crippen molar-refractivity contribution in [3.63, 3.8) is 0 Å². The summed E-state index contributed by atoms with van der Waals surface area (Å²) in [5, 5.41) is 0. The van der Waals surface area contributed by atoms with Crippen LogP contribution in [0.2, 0.25) is 0 Å². The molecule has 5 nitrogen and oxygen atoms in total. The van der Waals surface area contributed by atoms with Crippen LogP contribution in [0, 0.1) is 0 Å². The van der Waals surface area contributed by atoms with Crippen molar-refractivity contribution in [2.75, 3.05) is 12.4 Å². The van der Waals surface area contributed by atoms with Gasteiger partial charge in [0.25, 0.3) is 0 Å². The average Bonchev–Trinajstić information content (AvgIpc) is 3.32. The third-order valence-corrected chi connectivity index (χ3v) is 7.25. The molecule has 0 spiro atoms. The summed E-state index contributed by atoms with van der Waals surface area (Å²) in [5.74, 6) is -0.320. The van der Waals surface area contributed by atoms with Crippen LogP contribution in [0.1, 0.15) is 41.3 Å². The highest BCUT2D eigenvalue weighted by molar-refractivity contribution is 8.00. The summed E-state index contributed by atoms with van der Waals surface area (Å²) in [6, 6.07) is 16.5. The van der Waals surface area contributed by atoms with Crippen molar-refractivity contribution in [1.29, 1.82) is 0 Å². The lowest BCUT2D eigenvalue weighted by Crippen LogP contribution is -2.47. The first-order valence-corrected chi connectivity index (χ1v) is 10.8. The zero-order valence-corrected chi connectivity index (χ0v) is 17.1. The van der Waals surface area contributed by atoms with Gasteiger partial charge >= 0.3 is 5.97 Å². The van der Waals surface area contributed by atoms with Gasteiger partial charge in [-0.2, -0.15) is 0 Å². The number of amides is 1. The van der Waals surface area contributed by atoms with Crippen molar-refractivity contribution in [1.82, 2.24) is 4.90 Å². The Morgan fingerprint density at radius 1 is 1.14 bits per heavy atom. The number of Topliss-reactive ketones (excluding diaryl/α,β-unsaturated/α-hetero) is 1. The van der Waals surface area contributed by atoms with Crippen LogP contribution in [0.3, 0.4) is 0 Å². The molecule has 2 atom stereocenters. The molecular weight excluding hydrogens is 386 g/mol. The summed E-state index contributed by atoms with van der Waals surface area (Å²) in [4.78, 5) is 38.9. The number of carbonyl (C=O) groups is 3. The maximum absolute atomic E-state index is 12.8. The molecule has 0 saturated carbocycles. The lowest BCUT2D eigenvalue weighted by atomic mass is 10.0. The molecule has 2 saturated heterocycles. The van der Waals surface area contributed by atoms with E-state index < -0.39 is 16.9 Å². The van der Waals surface area contributed by atoms with Gasteiger partial charge < -0.3 is 9.64 Å². The Balaban J connectivity index is 1.45. The molecule has 0 aromatic heterocycles. The molecule has 2 aromatic rings. The van der Waals surface area contributed by atoms with Gasteiger partial charge in [0.15, 0.2) is 12.4 Å². The number of hydrogen-bond donors (Lipinski definition) is 0. The third kappa shape index (κ3) is 3.57. The number of esters is 1. The molecule has 29 heavy (non-hydrogen) atoms. The number of benzene rings is 2. The molecule has 4 rings (SSSR count). The molecule has 6 heteroatoms. The smallest absolute Gasteiger partial charge is 0.330 e. The predicted octanol–water partition coefficient (Wildman–Crippen LogP) is 3.57. The van der Waals surface area contributed by atoms with Crippen LogP contribution in [-0.2, 0) is 25.6 Å². The van der Waals surface area contributed by atoms with E-state index in [2.05, 4.69) is 0 Å². The minimum absolute atomic E-state index is 0.0396. The molecule has 2 aromatic carbocycles. The lowest BCUT2D eigenvalue weighted by Gasteiger charge is -2.33. The van der Waals surface area contributed by atoms with Crippen molar-refractivity contribution in [2.24, 2.45) is 0 Å². The van der Waals surface area contributed by atoms with Gasteiger partial charge in [-0.25, -0.2) is 4.79 Å². The zero-order valence-electron chi connectivity index (χ0n) is 16.3. The van der Waals surface area contributed by atoms with E-state index in [1.807, 2.05) is 49.4 Å². The summed E-state index contributed by atoms with van der Waals surface area (Å²) in [6.07, 6.45) is 1.98. The normalized spacial score (nSPS) is 23.1. The fourth-order valence-corrected chi connectivity index (χ4v) is 5.69. The van der Waals surface area contributed by atoms with Gasteiger partial charge in [0.05, 0.1) is 0 Å². The predicted molar refractivity (Wildman–Crippen MR) is 112 cm³/mol. The lowest BCUT2D eigenvalue weighted by molar-refractivity contribution is -0.152. The van der Waals surface area contributed by atoms with Gasteiger partial charge in [0.1, 0.15) is 10.9 Å². The number of nitrogens with zero attached hydrogens (tertiary/aromatic N) is 1. The van der Waals surface area contributed by atoms with Crippen LogP contribution in [0.5, 0.6) is 0 Å². The number of ketones is 1. The largest absolute Gasteiger partial charge is 0.456 e. The molecule has 0 bridgehead atoms. The van der Waals surface area contributed by atoms with E-state index in [0.717, 1.165) is 17.5 Å². The molecule has 0 radical (unpaired) electrons. The Morgan fingerprint density at radius 3 is 2.55 bits per heavy atom. The molecule has 150 valence electrons. The molecule has 2 heterocycles. The molecular formula is C23H23NO4S. The Bertz CT molecular complexity index is 928. The van der Waals surface area contributed by atoms with E-state index in [9.17, 15) is 14.4 Å². The first kappa shape index (κ1) is 19.7. The molecule has 2 aliphatic rings. The second-order valence-corrected chi connectivity index (χ2v) is 8.62.